The average Bonchev–Trinajstić information content (AvgIpc) is 2.58. The van der Waals surface area contributed by atoms with Crippen LogP contribution in [0.5, 0.6) is 0 Å². The Labute approximate surface area is 134 Å². The lowest BCUT2D eigenvalue weighted by molar-refractivity contribution is 0.301. The zero-order chi connectivity index (χ0) is 15.4. The van der Waals surface area contributed by atoms with Crippen LogP contribution in [0.15, 0.2) is 34.6 Å². The fraction of sp³-hybridized carbons (Fsp3) is 0.467. The second-order valence-electron chi connectivity index (χ2n) is 5.11. The molecule has 0 spiro atoms. The van der Waals surface area contributed by atoms with Crippen molar-refractivity contribution in [1.82, 2.24) is 25.3 Å². The number of hydrogen-bond donors (Lipinski definition) is 0. The first-order valence-electron chi connectivity index (χ1n) is 7.62. The van der Waals surface area contributed by atoms with Gasteiger partial charge < -0.3 is 9.80 Å². The Kier molecular flexibility index (Phi) is 4.84. The largest absolute Gasteiger partial charge is 0.337 e. The van der Waals surface area contributed by atoms with E-state index in [-0.39, 0.29) is 0 Å². The van der Waals surface area contributed by atoms with Crippen molar-refractivity contribution in [2.24, 2.45) is 0 Å². The molecule has 0 fully saturated rings. The van der Waals surface area contributed by atoms with E-state index in [1.54, 1.807) is 11.8 Å². The lowest BCUT2D eigenvalue weighted by Crippen LogP contribution is -2.29. The van der Waals surface area contributed by atoms with E-state index in [4.69, 9.17) is 0 Å². The van der Waals surface area contributed by atoms with E-state index < -0.39 is 0 Å². The molecular weight excluding hydrogens is 296 g/mol. The third-order valence-corrected chi connectivity index (χ3v) is 4.97. The van der Waals surface area contributed by atoms with E-state index >= 15 is 0 Å². The number of rotatable bonds is 6. The summed E-state index contributed by atoms with van der Waals surface area (Å²) in [5.41, 5.74) is 2.22. The van der Waals surface area contributed by atoms with E-state index in [0.717, 1.165) is 53.8 Å². The third-order valence-electron chi connectivity index (χ3n) is 3.90. The van der Waals surface area contributed by atoms with Crippen molar-refractivity contribution in [1.29, 1.82) is 0 Å². The van der Waals surface area contributed by atoms with Crippen LogP contribution in [0.4, 0.5) is 11.4 Å². The molecule has 0 radical (unpaired) electrons. The molecule has 1 aliphatic rings. The highest BCUT2D eigenvalue weighted by atomic mass is 32.2. The molecule has 0 bridgehead atoms. The molecule has 2 aromatic rings. The van der Waals surface area contributed by atoms with E-state index in [1.165, 1.54) is 0 Å². The second kappa shape index (κ2) is 7.02. The quantitative estimate of drug-likeness (QED) is 0.812. The van der Waals surface area contributed by atoms with Gasteiger partial charge >= 0.3 is 0 Å². The van der Waals surface area contributed by atoms with E-state index in [9.17, 15) is 0 Å². The summed E-state index contributed by atoms with van der Waals surface area (Å²) in [6, 6.07) is 0. The standard InChI is InChI=1S/C15H20N6S/c1-3-20(4-2)6-5-7-21-12-8-16-18-10-14(12)22-15-11-19-17-9-13(15)21/h8-11H,3-7H2,1-2H3. The number of anilines is 2. The highest BCUT2D eigenvalue weighted by Gasteiger charge is 2.24. The highest BCUT2D eigenvalue weighted by molar-refractivity contribution is 7.99. The topological polar surface area (TPSA) is 58.0 Å². The zero-order valence-corrected chi connectivity index (χ0v) is 13.8. The molecule has 0 unspecified atom stereocenters. The van der Waals surface area contributed by atoms with Gasteiger partial charge in [-0.2, -0.15) is 20.4 Å². The van der Waals surface area contributed by atoms with Gasteiger partial charge in [0.05, 0.1) is 46.0 Å². The van der Waals surface area contributed by atoms with E-state index in [1.807, 2.05) is 24.8 Å². The van der Waals surface area contributed by atoms with Gasteiger partial charge in [0.1, 0.15) is 0 Å². The van der Waals surface area contributed by atoms with Gasteiger partial charge in [-0.25, -0.2) is 0 Å². The minimum atomic E-state index is 0.939. The van der Waals surface area contributed by atoms with Crippen LogP contribution in [-0.2, 0) is 0 Å². The van der Waals surface area contributed by atoms with E-state index in [2.05, 4.69) is 44.0 Å². The molecule has 22 heavy (non-hydrogen) atoms. The van der Waals surface area contributed by atoms with E-state index in [0.29, 0.717) is 0 Å². The monoisotopic (exact) mass is 316 g/mol. The molecule has 3 rings (SSSR count). The van der Waals surface area contributed by atoms with Crippen LogP contribution < -0.4 is 4.90 Å². The summed E-state index contributed by atoms with van der Waals surface area (Å²) >= 11 is 1.68. The third kappa shape index (κ3) is 3.05. The lowest BCUT2D eigenvalue weighted by Gasteiger charge is -2.31. The zero-order valence-electron chi connectivity index (χ0n) is 12.9. The molecule has 6 nitrogen and oxygen atoms in total. The van der Waals surface area contributed by atoms with Gasteiger partial charge in [0.15, 0.2) is 0 Å². The Morgan fingerprint density at radius 1 is 0.909 bits per heavy atom. The van der Waals surface area contributed by atoms with Crippen LogP contribution >= 0.6 is 11.8 Å². The summed E-state index contributed by atoms with van der Waals surface area (Å²) in [4.78, 5) is 6.97. The van der Waals surface area contributed by atoms with Gasteiger partial charge in [-0.15, -0.1) is 0 Å². The molecule has 0 N–H and O–H groups in total. The summed E-state index contributed by atoms with van der Waals surface area (Å²) in [7, 11) is 0. The van der Waals surface area contributed by atoms with Crippen LogP contribution in [-0.4, -0.2) is 51.5 Å². The van der Waals surface area contributed by atoms with Gasteiger partial charge in [0.25, 0.3) is 0 Å². The Balaban J connectivity index is 1.80. The molecule has 116 valence electrons. The maximum atomic E-state index is 4.05. The fourth-order valence-corrected chi connectivity index (χ4v) is 3.62. The van der Waals surface area contributed by atoms with Gasteiger partial charge in [-0.05, 0) is 26.1 Å². The van der Waals surface area contributed by atoms with Crippen LogP contribution in [0, 0.1) is 0 Å². The molecule has 3 heterocycles. The number of nitrogens with zero attached hydrogens (tertiary/aromatic N) is 6. The molecule has 0 amide bonds. The molecular formula is C15H20N6S. The minimum absolute atomic E-state index is 0.939. The van der Waals surface area contributed by atoms with Crippen molar-refractivity contribution in [2.75, 3.05) is 31.1 Å². The molecule has 0 aliphatic carbocycles. The Morgan fingerprint density at radius 2 is 1.45 bits per heavy atom. The second-order valence-corrected chi connectivity index (χ2v) is 6.20. The van der Waals surface area contributed by atoms with Crippen LogP contribution in [0.1, 0.15) is 20.3 Å². The predicted molar refractivity (Wildman–Crippen MR) is 87.6 cm³/mol. The van der Waals surface area contributed by atoms with Crippen LogP contribution in [0.25, 0.3) is 0 Å². The summed E-state index contributed by atoms with van der Waals surface area (Å²) in [6.07, 6.45) is 8.41. The lowest BCUT2D eigenvalue weighted by atomic mass is 10.2. The predicted octanol–water partition coefficient (Wildman–Crippen LogP) is 2.60. The smallest absolute Gasteiger partial charge is 0.0774 e. The van der Waals surface area contributed by atoms with Crippen molar-refractivity contribution < 1.29 is 0 Å². The van der Waals surface area contributed by atoms with Crippen molar-refractivity contribution >= 4 is 23.1 Å². The van der Waals surface area contributed by atoms with Gasteiger partial charge in [0.2, 0.25) is 0 Å². The highest BCUT2D eigenvalue weighted by Crippen LogP contribution is 2.46. The average molecular weight is 316 g/mol. The Bertz CT molecular complexity index is 585. The summed E-state index contributed by atoms with van der Waals surface area (Å²) in [5, 5.41) is 16.1. The van der Waals surface area contributed by atoms with Crippen molar-refractivity contribution in [3.8, 4) is 0 Å². The summed E-state index contributed by atoms with van der Waals surface area (Å²) in [6.45, 7) is 8.63. The first-order chi connectivity index (χ1) is 10.8. The van der Waals surface area contributed by atoms with Gasteiger partial charge in [0, 0.05) is 6.54 Å². The summed E-state index contributed by atoms with van der Waals surface area (Å²) in [5.74, 6) is 0. The normalized spacial score (nSPS) is 13.1. The fourth-order valence-electron chi connectivity index (χ4n) is 2.65. The van der Waals surface area contributed by atoms with Gasteiger partial charge in [-0.3, -0.25) is 0 Å². The molecule has 2 aromatic heterocycles. The molecule has 0 saturated heterocycles. The molecule has 0 atom stereocenters. The SMILES string of the molecule is CCN(CC)CCCN1c2cnncc2Sc2cnncc21. The Hall–Kier alpha value is -1.73. The molecule has 0 aromatic carbocycles. The van der Waals surface area contributed by atoms with Crippen LogP contribution in [0.3, 0.4) is 0 Å². The Morgan fingerprint density at radius 3 is 2.00 bits per heavy atom. The molecule has 7 heteroatoms. The molecule has 1 aliphatic heterocycles. The van der Waals surface area contributed by atoms with Crippen molar-refractivity contribution in [3.05, 3.63) is 24.8 Å². The van der Waals surface area contributed by atoms with Crippen LogP contribution in [0.2, 0.25) is 0 Å². The maximum absolute atomic E-state index is 4.05. The van der Waals surface area contributed by atoms with Crippen molar-refractivity contribution in [2.45, 2.75) is 30.1 Å². The number of aromatic nitrogens is 4. The van der Waals surface area contributed by atoms with Crippen molar-refractivity contribution in [3.63, 3.8) is 0 Å². The molecule has 0 saturated carbocycles. The first-order valence-corrected chi connectivity index (χ1v) is 8.44. The maximum Gasteiger partial charge on any atom is 0.0774 e. The number of hydrogen-bond acceptors (Lipinski definition) is 7. The number of fused-ring (bicyclic) bond motifs is 2. The minimum Gasteiger partial charge on any atom is -0.337 e. The summed E-state index contributed by atoms with van der Waals surface area (Å²) < 4.78 is 0. The first kappa shape index (κ1) is 15.2. The van der Waals surface area contributed by atoms with Gasteiger partial charge in [-0.1, -0.05) is 25.6 Å².